The van der Waals surface area contributed by atoms with Gasteiger partial charge in [0.1, 0.15) is 60.4 Å². The Bertz CT molecular complexity index is 2380. The van der Waals surface area contributed by atoms with Crippen LogP contribution in [0.25, 0.3) is 0 Å². The summed E-state index contributed by atoms with van der Waals surface area (Å²) in [5.41, 5.74) is 0. The van der Waals surface area contributed by atoms with Crippen molar-refractivity contribution in [3.8, 4) is 0 Å². The van der Waals surface area contributed by atoms with Crippen LogP contribution in [0, 0.1) is 41.4 Å². The van der Waals surface area contributed by atoms with Crippen LogP contribution in [-0.4, -0.2) is 238 Å². The fourth-order valence-electron chi connectivity index (χ4n) is 11.0. The third-order valence-corrected chi connectivity index (χ3v) is 16.5. The fraction of sp³-hybridized carbons (Fsp3) is 0.797. The normalized spacial score (nSPS) is 26.4. The van der Waals surface area contributed by atoms with Gasteiger partial charge in [-0.2, -0.15) is 0 Å². The van der Waals surface area contributed by atoms with Crippen molar-refractivity contribution in [1.29, 1.82) is 0 Å². The maximum absolute atomic E-state index is 15.2. The molecule has 1 fully saturated rings. The van der Waals surface area contributed by atoms with Crippen molar-refractivity contribution in [3.05, 3.63) is 12.2 Å². The first-order valence-corrected chi connectivity index (χ1v) is 31.7. The van der Waals surface area contributed by atoms with Crippen molar-refractivity contribution in [1.82, 2.24) is 55.6 Å². The van der Waals surface area contributed by atoms with Crippen LogP contribution in [0.1, 0.15) is 162 Å². The van der Waals surface area contributed by atoms with Gasteiger partial charge in [-0.15, -0.1) is 0 Å². The lowest BCUT2D eigenvalue weighted by molar-refractivity contribution is -0.157. The van der Waals surface area contributed by atoms with Crippen molar-refractivity contribution in [2.75, 3.05) is 62.5 Å². The Morgan fingerprint density at radius 2 is 0.898 bits per heavy atom. The van der Waals surface area contributed by atoms with Gasteiger partial charge in [-0.25, -0.2) is 0 Å². The number of aliphatic hydroxyl groups excluding tert-OH is 2. The molecule has 0 saturated carbocycles. The summed E-state index contributed by atoms with van der Waals surface area (Å²) in [6.45, 7) is 27.4. The number of carbonyl (C=O) groups is 11. The highest BCUT2D eigenvalue weighted by molar-refractivity contribution is 5.99. The number of rotatable bonds is 18. The summed E-state index contributed by atoms with van der Waals surface area (Å²) < 4.78 is 0. The third kappa shape index (κ3) is 23.0. The first kappa shape index (κ1) is 79.8. The number of hydrogen-bond donors (Lipinski definition) is 6. The molecule has 11 amide bonds. The average Bonchev–Trinajstić information content (AvgIpc) is 3.66. The van der Waals surface area contributed by atoms with E-state index < -0.39 is 156 Å². The molecule has 88 heavy (non-hydrogen) atoms. The van der Waals surface area contributed by atoms with E-state index in [1.807, 2.05) is 61.5 Å². The number of nitrogens with zero attached hydrogens (tertiary/aromatic N) is 7. The molecule has 1 heterocycles. The van der Waals surface area contributed by atoms with Crippen LogP contribution in [0.5, 0.6) is 0 Å². The van der Waals surface area contributed by atoms with Gasteiger partial charge in [-0.1, -0.05) is 109 Å². The Morgan fingerprint density at radius 1 is 0.466 bits per heavy atom. The molecule has 0 radical (unpaired) electrons. The lowest BCUT2D eigenvalue weighted by atomic mass is 9.91. The number of unbranched alkanes of at least 4 members (excludes halogenated alkanes) is 1. The Labute approximate surface area is 526 Å². The van der Waals surface area contributed by atoms with Crippen LogP contribution in [-0.2, 0) is 52.7 Å². The summed E-state index contributed by atoms with van der Waals surface area (Å²) in [6.07, 6.45) is 3.98. The van der Waals surface area contributed by atoms with E-state index in [1.165, 1.54) is 87.7 Å². The number of allylic oxidation sites excluding steroid dienone is 2. The van der Waals surface area contributed by atoms with Gasteiger partial charge in [-0.3, -0.25) is 52.7 Å². The molecular formula is C64H115N11O13. The minimum Gasteiger partial charge on any atom is -0.396 e. The standard InChI is InChI=1S/C64H115N11O13/c1-24-45-60(84)69(17)35-50(77)70(18)46(31-36(2)3)57(81)68-51(40(10)11)63(87)71(19)47(32-37(4)5)56(80)65-43(15)55(79)66-44(16)59(83)72(20)48(33-38(6)7)61(85)73(21)49(34-39(8)9)62(86)74(22)52(41(12)13)64(88)75(23)53(58(82)67-45)54(78)42(14)29-27-25-26-28-30-76/h25,27,36-49,51-54,76,78H,24,26,28-35H2,1-23H3,(H,65,80)(H,66,79)(H,67,82)(H,68,81)/b27-25+/t42-,43-,44+,45+,46+,47-,48+,49+,51-,52+,53+,54-/m1/s1. The van der Waals surface area contributed by atoms with Crippen molar-refractivity contribution in [2.24, 2.45) is 41.4 Å². The number of hydrogen-bond acceptors (Lipinski definition) is 13. The third-order valence-electron chi connectivity index (χ3n) is 16.5. The van der Waals surface area contributed by atoms with Gasteiger partial charge in [0.05, 0.1) is 12.6 Å². The smallest absolute Gasteiger partial charge is 0.246 e. The molecule has 1 saturated heterocycles. The van der Waals surface area contributed by atoms with Gasteiger partial charge in [0.25, 0.3) is 0 Å². The molecule has 0 aromatic heterocycles. The van der Waals surface area contributed by atoms with E-state index in [2.05, 4.69) is 21.3 Å². The second-order valence-corrected chi connectivity index (χ2v) is 26.9. The fourth-order valence-corrected chi connectivity index (χ4v) is 11.0. The zero-order valence-corrected chi connectivity index (χ0v) is 57.6. The Hall–Kier alpha value is -6.17. The summed E-state index contributed by atoms with van der Waals surface area (Å²) in [7, 11) is 9.87. The number of carbonyl (C=O) groups excluding carboxylic acids is 11. The van der Waals surface area contributed by atoms with Crippen molar-refractivity contribution < 1.29 is 63.0 Å². The maximum atomic E-state index is 15.2. The highest BCUT2D eigenvalue weighted by Crippen LogP contribution is 2.26. The molecular weight excluding hydrogens is 1130 g/mol. The van der Waals surface area contributed by atoms with Gasteiger partial charge in [-0.05, 0) is 107 Å². The second-order valence-electron chi connectivity index (χ2n) is 26.9. The zero-order chi connectivity index (χ0) is 68.1. The molecule has 0 aliphatic carbocycles. The SMILES string of the molecule is CC[C@@H]1NC(=O)[C@H]([C@H](O)[C@H](C)C/C=C/CCCO)N(C)C(=O)[C@H](C(C)C)N(C)C(=O)[C@H](CC(C)C)N(C)C(=O)[C@H](CC(C)C)N(C)C(=O)[C@H](C)NC(=O)[C@@H](C)NC(=O)[C@@H](CC(C)C)N(C)C(=O)[C@@H](C(C)C)NC(=O)[C@H](CC(C)C)N(C)C(=O)CN(C)C1=O. The van der Waals surface area contributed by atoms with E-state index >= 15 is 9.59 Å². The van der Waals surface area contributed by atoms with Gasteiger partial charge < -0.3 is 65.8 Å². The molecule has 1 rings (SSSR count). The highest BCUT2D eigenvalue weighted by atomic mass is 16.3. The Kier molecular flexibility index (Phi) is 33.7. The molecule has 0 bridgehead atoms. The second kappa shape index (κ2) is 37.1. The molecule has 24 nitrogen and oxygen atoms in total. The average molecular weight is 1250 g/mol. The number of amides is 11. The number of aliphatic hydroxyl groups is 2. The summed E-state index contributed by atoms with van der Waals surface area (Å²) in [4.78, 5) is 169. The van der Waals surface area contributed by atoms with E-state index in [9.17, 15) is 53.4 Å². The molecule has 504 valence electrons. The largest absolute Gasteiger partial charge is 0.396 e. The first-order valence-electron chi connectivity index (χ1n) is 31.7. The number of nitrogens with one attached hydrogen (secondary N) is 4. The van der Waals surface area contributed by atoms with Crippen LogP contribution in [0.2, 0.25) is 0 Å². The lowest BCUT2D eigenvalue weighted by Crippen LogP contribution is -2.63. The lowest BCUT2D eigenvalue weighted by Gasteiger charge is -2.41. The molecule has 0 spiro atoms. The predicted molar refractivity (Wildman–Crippen MR) is 339 cm³/mol. The zero-order valence-electron chi connectivity index (χ0n) is 57.6. The summed E-state index contributed by atoms with van der Waals surface area (Å²) >= 11 is 0. The topological polar surface area (TPSA) is 299 Å². The van der Waals surface area contributed by atoms with E-state index in [0.717, 1.165) is 9.80 Å². The molecule has 6 N–H and O–H groups in total. The molecule has 0 unspecified atom stereocenters. The number of likely N-dealkylation sites (N-methyl/N-ethyl adjacent to an activating group) is 7. The van der Waals surface area contributed by atoms with Crippen molar-refractivity contribution >= 4 is 65.0 Å². The van der Waals surface area contributed by atoms with Gasteiger partial charge >= 0.3 is 0 Å². The van der Waals surface area contributed by atoms with E-state index in [-0.39, 0.29) is 68.8 Å². The van der Waals surface area contributed by atoms with Crippen molar-refractivity contribution in [3.63, 3.8) is 0 Å². The molecule has 0 aromatic rings. The minimum atomic E-state index is -1.65. The molecule has 1 aliphatic heterocycles. The summed E-state index contributed by atoms with van der Waals surface area (Å²) in [6, 6.07) is -12.5. The van der Waals surface area contributed by atoms with Crippen LogP contribution < -0.4 is 21.3 Å². The molecule has 0 aromatic carbocycles. The van der Waals surface area contributed by atoms with E-state index in [1.54, 1.807) is 47.6 Å². The van der Waals surface area contributed by atoms with Crippen LogP contribution in [0.3, 0.4) is 0 Å². The quantitative estimate of drug-likeness (QED) is 0.0851. The van der Waals surface area contributed by atoms with Crippen LogP contribution in [0.4, 0.5) is 0 Å². The van der Waals surface area contributed by atoms with E-state index in [0.29, 0.717) is 12.8 Å². The summed E-state index contributed by atoms with van der Waals surface area (Å²) in [5, 5.41) is 32.5. The molecule has 24 heteroatoms. The minimum absolute atomic E-state index is 0.00404. The van der Waals surface area contributed by atoms with Gasteiger partial charge in [0.15, 0.2) is 0 Å². The van der Waals surface area contributed by atoms with E-state index in [4.69, 9.17) is 0 Å². The molecule has 12 atom stereocenters. The summed E-state index contributed by atoms with van der Waals surface area (Å²) in [5.74, 6) is -9.97. The maximum Gasteiger partial charge on any atom is 0.246 e. The first-order chi connectivity index (χ1) is 40.7. The van der Waals surface area contributed by atoms with Crippen LogP contribution >= 0.6 is 0 Å². The Morgan fingerprint density at radius 3 is 1.36 bits per heavy atom. The monoisotopic (exact) mass is 1250 g/mol. The molecule has 1 aliphatic rings. The Balaban J connectivity index is 4.34. The van der Waals surface area contributed by atoms with Crippen molar-refractivity contribution in [2.45, 2.75) is 229 Å². The van der Waals surface area contributed by atoms with Gasteiger partial charge in [0.2, 0.25) is 65.0 Å². The van der Waals surface area contributed by atoms with Crippen LogP contribution in [0.15, 0.2) is 12.2 Å². The van der Waals surface area contributed by atoms with Gasteiger partial charge in [0, 0.05) is 55.9 Å². The highest BCUT2D eigenvalue weighted by Gasteiger charge is 2.45. The predicted octanol–water partition coefficient (Wildman–Crippen LogP) is 3.02.